The minimum absolute atomic E-state index is 0. The normalized spacial score (nSPS) is 15.6. The van der Waals surface area contributed by atoms with Crippen LogP contribution in [-0.4, -0.2) is 23.6 Å². The highest BCUT2D eigenvalue weighted by molar-refractivity contribution is 5.86. The van der Waals surface area contributed by atoms with Gasteiger partial charge in [0.1, 0.15) is 18.0 Å². The van der Waals surface area contributed by atoms with Gasteiger partial charge in [-0.25, -0.2) is 0 Å². The summed E-state index contributed by atoms with van der Waals surface area (Å²) in [6.07, 6.45) is 1.05. The summed E-state index contributed by atoms with van der Waals surface area (Å²) in [4.78, 5) is 2.27. The molecule has 2 aromatic rings. The molecule has 3 rings (SSSR count). The lowest BCUT2D eigenvalue weighted by Gasteiger charge is -2.12. The molecule has 0 unspecified atom stereocenters. The third-order valence-electron chi connectivity index (χ3n) is 3.32. The first-order valence-electron chi connectivity index (χ1n) is 5.61. The summed E-state index contributed by atoms with van der Waals surface area (Å²) in [5.74, 6) is 0.719. The van der Waals surface area contributed by atoms with Gasteiger partial charge in [0.25, 0.3) is 0 Å². The molecule has 17 heavy (non-hydrogen) atoms. The van der Waals surface area contributed by atoms with Crippen LogP contribution in [0.3, 0.4) is 0 Å². The van der Waals surface area contributed by atoms with E-state index in [1.807, 2.05) is 12.1 Å². The van der Waals surface area contributed by atoms with Crippen LogP contribution < -0.4 is 0 Å². The van der Waals surface area contributed by atoms with Crippen LogP contribution in [0.4, 0.5) is 0 Å². The summed E-state index contributed by atoms with van der Waals surface area (Å²) in [6, 6.07) is 6.16. The second kappa shape index (κ2) is 4.69. The molecular weight excluding hydrogens is 238 g/mol. The summed E-state index contributed by atoms with van der Waals surface area (Å²) in [5, 5.41) is 10.5. The highest BCUT2D eigenvalue weighted by Crippen LogP contribution is 2.32. The van der Waals surface area contributed by atoms with Gasteiger partial charge in [-0.1, -0.05) is 12.1 Å². The van der Waals surface area contributed by atoms with E-state index in [-0.39, 0.29) is 19.0 Å². The molecule has 1 aliphatic rings. The molecule has 0 spiro atoms. The quantitative estimate of drug-likeness (QED) is 0.848. The zero-order chi connectivity index (χ0) is 11.1. The Morgan fingerprint density at radius 2 is 2.24 bits per heavy atom. The van der Waals surface area contributed by atoms with Gasteiger partial charge in [0.15, 0.2) is 0 Å². The van der Waals surface area contributed by atoms with Gasteiger partial charge in [0.2, 0.25) is 0 Å². The number of benzene rings is 1. The molecule has 1 aliphatic heterocycles. The number of rotatable bonds is 1. The van der Waals surface area contributed by atoms with E-state index in [1.54, 1.807) is 0 Å². The van der Waals surface area contributed by atoms with E-state index in [0.717, 1.165) is 36.4 Å². The van der Waals surface area contributed by atoms with Crippen LogP contribution in [0.15, 0.2) is 22.6 Å². The minimum Gasteiger partial charge on any atom is -0.458 e. The molecule has 0 saturated carbocycles. The maximum absolute atomic E-state index is 9.33. The van der Waals surface area contributed by atoms with Gasteiger partial charge in [-0.3, -0.25) is 0 Å². The van der Waals surface area contributed by atoms with Gasteiger partial charge in [-0.05, 0) is 25.1 Å². The molecule has 0 aliphatic carbocycles. The Labute approximate surface area is 106 Å². The number of hydrogen-bond donors (Lipinski definition) is 1. The van der Waals surface area contributed by atoms with Crippen LogP contribution in [0.2, 0.25) is 0 Å². The van der Waals surface area contributed by atoms with Crippen LogP contribution in [0, 0.1) is 0 Å². The van der Waals surface area contributed by atoms with Gasteiger partial charge >= 0.3 is 0 Å². The largest absolute Gasteiger partial charge is 0.458 e. The maximum Gasteiger partial charge on any atom is 0.135 e. The van der Waals surface area contributed by atoms with E-state index < -0.39 is 0 Å². The Morgan fingerprint density at radius 3 is 3.00 bits per heavy atom. The molecular formula is C13H16ClNO2. The number of aliphatic hydroxyl groups is 1. The molecule has 1 N–H and O–H groups in total. The van der Waals surface area contributed by atoms with Crippen LogP contribution in [-0.2, 0) is 19.6 Å². The fourth-order valence-electron chi connectivity index (χ4n) is 2.50. The van der Waals surface area contributed by atoms with Crippen LogP contribution in [0.5, 0.6) is 0 Å². The average molecular weight is 254 g/mol. The van der Waals surface area contributed by atoms with Crippen molar-refractivity contribution in [3.05, 3.63) is 35.1 Å². The molecule has 1 aromatic carbocycles. The van der Waals surface area contributed by atoms with E-state index in [2.05, 4.69) is 18.0 Å². The lowest BCUT2D eigenvalue weighted by Crippen LogP contribution is -2.19. The predicted octanol–water partition coefficient (Wildman–Crippen LogP) is 2.33. The summed E-state index contributed by atoms with van der Waals surface area (Å²) in [7, 11) is 2.10. The fraction of sp³-hybridized carbons (Fsp3) is 0.385. The molecule has 1 aromatic heterocycles. The first-order chi connectivity index (χ1) is 7.79. The Morgan fingerprint density at radius 1 is 1.41 bits per heavy atom. The number of likely N-dealkylation sites (N-methyl/N-ethyl adjacent to an activating group) is 1. The Balaban J connectivity index is 0.00000108. The first kappa shape index (κ1) is 12.4. The smallest absolute Gasteiger partial charge is 0.135 e. The highest BCUT2D eigenvalue weighted by atomic mass is 35.5. The fourth-order valence-corrected chi connectivity index (χ4v) is 2.50. The monoisotopic (exact) mass is 253 g/mol. The van der Waals surface area contributed by atoms with Crippen molar-refractivity contribution < 1.29 is 9.52 Å². The average Bonchev–Trinajstić information content (AvgIpc) is 2.55. The minimum atomic E-state index is -0.0166. The molecule has 0 radical (unpaired) electrons. The molecule has 0 amide bonds. The summed E-state index contributed by atoms with van der Waals surface area (Å²) < 4.78 is 5.69. The van der Waals surface area contributed by atoms with Crippen molar-refractivity contribution in [2.45, 2.75) is 19.6 Å². The van der Waals surface area contributed by atoms with Gasteiger partial charge in [-0.2, -0.15) is 0 Å². The topological polar surface area (TPSA) is 36.6 Å². The molecule has 0 bridgehead atoms. The van der Waals surface area contributed by atoms with Crippen molar-refractivity contribution >= 4 is 23.4 Å². The zero-order valence-corrected chi connectivity index (χ0v) is 10.6. The lowest BCUT2D eigenvalue weighted by molar-refractivity contribution is 0.244. The third kappa shape index (κ3) is 1.95. The summed E-state index contributed by atoms with van der Waals surface area (Å²) >= 11 is 0. The number of aliphatic hydroxyl groups excluding tert-OH is 1. The van der Waals surface area contributed by atoms with Crippen LogP contribution >= 0.6 is 12.4 Å². The van der Waals surface area contributed by atoms with Crippen LogP contribution in [0.25, 0.3) is 11.0 Å². The van der Waals surface area contributed by atoms with E-state index in [1.165, 1.54) is 10.9 Å². The molecule has 0 saturated heterocycles. The van der Waals surface area contributed by atoms with Crippen molar-refractivity contribution in [2.24, 2.45) is 0 Å². The Bertz CT molecular complexity index is 535. The van der Waals surface area contributed by atoms with E-state index in [0.29, 0.717) is 0 Å². The number of furan rings is 1. The van der Waals surface area contributed by atoms with E-state index in [4.69, 9.17) is 4.42 Å². The Hall–Kier alpha value is -1.03. The number of nitrogens with zero attached hydrogens (tertiary/aromatic N) is 1. The molecule has 0 atom stereocenters. The van der Waals surface area contributed by atoms with Gasteiger partial charge in [-0.15, -0.1) is 12.4 Å². The van der Waals surface area contributed by atoms with Gasteiger partial charge < -0.3 is 14.4 Å². The summed E-state index contributed by atoms with van der Waals surface area (Å²) in [5.41, 5.74) is 3.40. The van der Waals surface area contributed by atoms with Gasteiger partial charge in [0, 0.05) is 24.0 Å². The van der Waals surface area contributed by atoms with Crippen molar-refractivity contribution in [1.82, 2.24) is 4.90 Å². The standard InChI is InChI=1S/C13H15NO2.ClH/c1-14-6-5-9-3-2-4-11-13(9)10(7-14)12(8-15)16-11;/h2-4,15H,5-8H2,1H3;1H. The van der Waals surface area contributed by atoms with Crippen molar-refractivity contribution in [3.8, 4) is 0 Å². The van der Waals surface area contributed by atoms with Crippen molar-refractivity contribution in [1.29, 1.82) is 0 Å². The molecule has 2 heterocycles. The zero-order valence-electron chi connectivity index (χ0n) is 9.77. The predicted molar refractivity (Wildman–Crippen MR) is 69.4 cm³/mol. The summed E-state index contributed by atoms with van der Waals surface area (Å²) in [6.45, 7) is 1.90. The lowest BCUT2D eigenvalue weighted by atomic mass is 10.0. The number of halogens is 1. The molecule has 92 valence electrons. The SMILES string of the molecule is CN1CCc2cccc3oc(CO)c(c23)C1.Cl. The first-order valence-corrected chi connectivity index (χ1v) is 5.61. The van der Waals surface area contributed by atoms with Gasteiger partial charge in [0.05, 0.1) is 0 Å². The van der Waals surface area contributed by atoms with E-state index in [9.17, 15) is 5.11 Å². The molecule has 3 nitrogen and oxygen atoms in total. The third-order valence-corrected chi connectivity index (χ3v) is 3.32. The van der Waals surface area contributed by atoms with E-state index >= 15 is 0 Å². The molecule has 0 fully saturated rings. The highest BCUT2D eigenvalue weighted by Gasteiger charge is 2.20. The Kier molecular flexibility index (Phi) is 3.43. The second-order valence-electron chi connectivity index (χ2n) is 4.44. The molecule has 4 heteroatoms. The number of hydrogen-bond acceptors (Lipinski definition) is 3. The van der Waals surface area contributed by atoms with Crippen LogP contribution in [0.1, 0.15) is 16.9 Å². The second-order valence-corrected chi connectivity index (χ2v) is 4.44. The van der Waals surface area contributed by atoms with Crippen molar-refractivity contribution in [3.63, 3.8) is 0 Å². The van der Waals surface area contributed by atoms with Crippen molar-refractivity contribution in [2.75, 3.05) is 13.6 Å². The maximum atomic E-state index is 9.33.